The summed E-state index contributed by atoms with van der Waals surface area (Å²) in [5.41, 5.74) is 9.70. The van der Waals surface area contributed by atoms with Gasteiger partial charge in [0.2, 0.25) is 0 Å². The van der Waals surface area contributed by atoms with E-state index in [2.05, 4.69) is 11.8 Å². The van der Waals surface area contributed by atoms with E-state index >= 15 is 0 Å². The van der Waals surface area contributed by atoms with Gasteiger partial charge in [-0.2, -0.15) is 0 Å². The lowest BCUT2D eigenvalue weighted by atomic mass is 10.0. The second-order valence-electron chi connectivity index (χ2n) is 5.30. The SMILES string of the molecule is Cc1ccc(C#Cc2ccc(CC[C@H](N)C(=O)O)cc2)cc1. The largest absolute Gasteiger partial charge is 0.480 e. The van der Waals surface area contributed by atoms with E-state index in [0.29, 0.717) is 12.8 Å². The van der Waals surface area contributed by atoms with Crippen molar-refractivity contribution in [3.8, 4) is 11.8 Å². The van der Waals surface area contributed by atoms with E-state index in [-0.39, 0.29) is 0 Å². The van der Waals surface area contributed by atoms with Crippen LogP contribution in [0.4, 0.5) is 0 Å². The van der Waals surface area contributed by atoms with Gasteiger partial charge in [-0.05, 0) is 49.6 Å². The van der Waals surface area contributed by atoms with Crippen molar-refractivity contribution >= 4 is 5.97 Å². The zero-order chi connectivity index (χ0) is 15.9. The van der Waals surface area contributed by atoms with Gasteiger partial charge < -0.3 is 10.8 Å². The number of aliphatic carboxylic acids is 1. The Bertz CT molecular complexity index is 691. The van der Waals surface area contributed by atoms with Gasteiger partial charge in [-0.15, -0.1) is 0 Å². The summed E-state index contributed by atoms with van der Waals surface area (Å²) in [7, 11) is 0. The molecule has 112 valence electrons. The van der Waals surface area contributed by atoms with Crippen LogP contribution in [-0.4, -0.2) is 17.1 Å². The molecule has 3 heteroatoms. The number of hydrogen-bond acceptors (Lipinski definition) is 2. The Morgan fingerprint density at radius 2 is 1.55 bits per heavy atom. The van der Waals surface area contributed by atoms with Crippen molar-refractivity contribution in [1.82, 2.24) is 0 Å². The number of carboxylic acid groups (broad SMARTS) is 1. The van der Waals surface area contributed by atoms with Crippen LogP contribution in [0.3, 0.4) is 0 Å². The highest BCUT2D eigenvalue weighted by Gasteiger charge is 2.10. The molecule has 0 bridgehead atoms. The van der Waals surface area contributed by atoms with Gasteiger partial charge in [0.25, 0.3) is 0 Å². The summed E-state index contributed by atoms with van der Waals surface area (Å²) in [6, 6.07) is 15.1. The van der Waals surface area contributed by atoms with Crippen LogP contribution in [0.25, 0.3) is 0 Å². The maximum Gasteiger partial charge on any atom is 0.320 e. The van der Waals surface area contributed by atoms with Gasteiger partial charge in [0.05, 0.1) is 0 Å². The molecule has 1 atom stereocenters. The second kappa shape index (κ2) is 7.44. The Labute approximate surface area is 130 Å². The Morgan fingerprint density at radius 3 is 2.05 bits per heavy atom. The van der Waals surface area contributed by atoms with Crippen LogP contribution in [0, 0.1) is 18.8 Å². The standard InChI is InChI=1S/C19H19NO2/c1-14-2-4-15(5-3-14)6-7-16-8-10-17(11-9-16)12-13-18(20)19(21)22/h2-5,8-11,18H,12-13,20H2,1H3,(H,21,22)/t18-/m0/s1. The summed E-state index contributed by atoms with van der Waals surface area (Å²) in [6.45, 7) is 2.05. The number of nitrogens with two attached hydrogens (primary N) is 1. The van der Waals surface area contributed by atoms with Crippen LogP contribution in [0.5, 0.6) is 0 Å². The van der Waals surface area contributed by atoms with Crippen LogP contribution in [0.1, 0.15) is 28.7 Å². The lowest BCUT2D eigenvalue weighted by molar-refractivity contribution is -0.138. The first-order valence-corrected chi connectivity index (χ1v) is 7.20. The van der Waals surface area contributed by atoms with Crippen LogP contribution in [0.15, 0.2) is 48.5 Å². The highest BCUT2D eigenvalue weighted by molar-refractivity contribution is 5.73. The molecule has 0 aliphatic carbocycles. The molecular formula is C19H19NO2. The molecular weight excluding hydrogens is 274 g/mol. The monoisotopic (exact) mass is 293 g/mol. The predicted octanol–water partition coefficient (Wildman–Crippen LogP) is 2.74. The van der Waals surface area contributed by atoms with E-state index in [0.717, 1.165) is 16.7 Å². The number of carbonyl (C=O) groups is 1. The molecule has 2 aromatic carbocycles. The quantitative estimate of drug-likeness (QED) is 0.852. The van der Waals surface area contributed by atoms with Crippen molar-refractivity contribution in [2.24, 2.45) is 5.73 Å². The van der Waals surface area contributed by atoms with Gasteiger partial charge in [0.1, 0.15) is 6.04 Å². The minimum Gasteiger partial charge on any atom is -0.480 e. The highest BCUT2D eigenvalue weighted by Crippen LogP contribution is 2.08. The molecule has 0 unspecified atom stereocenters. The summed E-state index contributed by atoms with van der Waals surface area (Å²) in [5, 5.41) is 8.76. The van der Waals surface area contributed by atoms with Crippen LogP contribution >= 0.6 is 0 Å². The summed E-state index contributed by atoms with van der Waals surface area (Å²) in [6.07, 6.45) is 1.09. The van der Waals surface area contributed by atoms with E-state index in [9.17, 15) is 4.79 Å². The molecule has 22 heavy (non-hydrogen) atoms. The molecule has 2 rings (SSSR count). The Morgan fingerprint density at radius 1 is 1.05 bits per heavy atom. The number of hydrogen-bond donors (Lipinski definition) is 2. The van der Waals surface area contributed by atoms with Gasteiger partial charge in [-0.1, -0.05) is 41.7 Å². The normalized spacial score (nSPS) is 11.4. The Balaban J connectivity index is 1.97. The maximum absolute atomic E-state index is 10.7. The Hall–Kier alpha value is -2.57. The molecule has 0 aliphatic heterocycles. The molecule has 0 heterocycles. The first-order chi connectivity index (χ1) is 10.5. The Kier molecular flexibility index (Phi) is 5.35. The topological polar surface area (TPSA) is 63.3 Å². The van der Waals surface area contributed by atoms with Crippen LogP contribution in [0.2, 0.25) is 0 Å². The molecule has 0 saturated heterocycles. The number of rotatable bonds is 4. The third-order valence-electron chi connectivity index (χ3n) is 3.42. The molecule has 2 aromatic rings. The number of carboxylic acids is 1. The first kappa shape index (κ1) is 15.8. The summed E-state index contributed by atoms with van der Waals surface area (Å²) in [4.78, 5) is 10.7. The van der Waals surface area contributed by atoms with Gasteiger partial charge in [0, 0.05) is 11.1 Å². The third-order valence-corrected chi connectivity index (χ3v) is 3.42. The smallest absolute Gasteiger partial charge is 0.320 e. The van der Waals surface area contributed by atoms with Crippen LogP contribution in [-0.2, 0) is 11.2 Å². The fourth-order valence-corrected chi connectivity index (χ4v) is 1.98. The van der Waals surface area contributed by atoms with Crippen molar-refractivity contribution in [3.05, 3.63) is 70.8 Å². The number of aryl methyl sites for hydroxylation is 2. The molecule has 0 saturated carbocycles. The zero-order valence-electron chi connectivity index (χ0n) is 12.5. The fourth-order valence-electron chi connectivity index (χ4n) is 1.98. The fraction of sp³-hybridized carbons (Fsp3) is 0.211. The summed E-state index contributed by atoms with van der Waals surface area (Å²) in [5.74, 6) is 5.29. The van der Waals surface area contributed by atoms with Crippen molar-refractivity contribution in [2.45, 2.75) is 25.8 Å². The molecule has 0 radical (unpaired) electrons. The van der Waals surface area contributed by atoms with Gasteiger partial charge in [-0.3, -0.25) is 4.79 Å². The summed E-state index contributed by atoms with van der Waals surface area (Å²) >= 11 is 0. The van der Waals surface area contributed by atoms with Crippen molar-refractivity contribution in [1.29, 1.82) is 0 Å². The highest BCUT2D eigenvalue weighted by atomic mass is 16.4. The molecule has 3 N–H and O–H groups in total. The van der Waals surface area contributed by atoms with Crippen molar-refractivity contribution in [3.63, 3.8) is 0 Å². The molecule has 3 nitrogen and oxygen atoms in total. The molecule has 0 fully saturated rings. The molecule has 0 aliphatic rings. The van der Waals surface area contributed by atoms with E-state index in [1.807, 2.05) is 55.5 Å². The first-order valence-electron chi connectivity index (χ1n) is 7.20. The number of benzene rings is 2. The van der Waals surface area contributed by atoms with E-state index in [4.69, 9.17) is 10.8 Å². The van der Waals surface area contributed by atoms with Gasteiger partial charge in [-0.25, -0.2) is 0 Å². The maximum atomic E-state index is 10.7. The van der Waals surface area contributed by atoms with E-state index in [1.165, 1.54) is 5.56 Å². The minimum atomic E-state index is -0.958. The van der Waals surface area contributed by atoms with Gasteiger partial charge >= 0.3 is 5.97 Å². The molecule has 0 amide bonds. The second-order valence-corrected chi connectivity index (χ2v) is 5.30. The average Bonchev–Trinajstić information content (AvgIpc) is 2.53. The lowest BCUT2D eigenvalue weighted by Crippen LogP contribution is -2.30. The average molecular weight is 293 g/mol. The van der Waals surface area contributed by atoms with E-state index in [1.54, 1.807) is 0 Å². The van der Waals surface area contributed by atoms with Crippen molar-refractivity contribution in [2.75, 3.05) is 0 Å². The summed E-state index contributed by atoms with van der Waals surface area (Å²) < 4.78 is 0. The van der Waals surface area contributed by atoms with E-state index < -0.39 is 12.0 Å². The predicted molar refractivity (Wildman–Crippen MR) is 87.5 cm³/mol. The molecule has 0 aromatic heterocycles. The van der Waals surface area contributed by atoms with Gasteiger partial charge in [0.15, 0.2) is 0 Å². The zero-order valence-corrected chi connectivity index (χ0v) is 12.5. The molecule has 0 spiro atoms. The lowest BCUT2D eigenvalue weighted by Gasteiger charge is -2.05. The van der Waals surface area contributed by atoms with Crippen molar-refractivity contribution < 1.29 is 9.90 Å². The third kappa shape index (κ3) is 4.76. The van der Waals surface area contributed by atoms with Crippen LogP contribution < -0.4 is 5.73 Å². The minimum absolute atomic E-state index is 0.434.